The lowest BCUT2D eigenvalue weighted by Gasteiger charge is -2.29. The summed E-state index contributed by atoms with van der Waals surface area (Å²) in [4.78, 5) is 2.11. The molecule has 0 atom stereocenters. The summed E-state index contributed by atoms with van der Waals surface area (Å²) in [5, 5.41) is 3.96. The number of methoxy groups -OCH3 is 1. The lowest BCUT2D eigenvalue weighted by Crippen LogP contribution is -2.42. The van der Waals surface area contributed by atoms with Gasteiger partial charge in [-0.25, -0.2) is 0 Å². The average molecular weight is 252 g/mol. The van der Waals surface area contributed by atoms with Crippen molar-refractivity contribution in [1.29, 1.82) is 0 Å². The maximum Gasteiger partial charge on any atom is 0.173 e. The normalized spacial score (nSPS) is 15.5. The molecule has 2 rings (SSSR count). The zero-order valence-corrected chi connectivity index (χ0v) is 10.6. The fraction of sp³-hybridized carbons (Fsp3) is 0.417. The first-order valence-corrected chi connectivity index (χ1v) is 5.98. The van der Waals surface area contributed by atoms with E-state index in [2.05, 4.69) is 10.2 Å². The minimum absolute atomic E-state index is 0.741. The predicted molar refractivity (Wildman–Crippen MR) is 71.6 cm³/mol. The van der Waals surface area contributed by atoms with Crippen molar-refractivity contribution in [3.8, 4) is 5.75 Å². The number of rotatable bonds is 2. The van der Waals surface area contributed by atoms with Gasteiger partial charge in [-0.15, -0.1) is 0 Å². The van der Waals surface area contributed by atoms with Gasteiger partial charge in [0.1, 0.15) is 5.75 Å². The SMILES string of the molecule is COc1ccc(NC(=S)N2CCOCC2)cc1. The Balaban J connectivity index is 1.92. The first-order valence-electron chi connectivity index (χ1n) is 5.57. The van der Waals surface area contributed by atoms with Crippen molar-refractivity contribution in [2.45, 2.75) is 0 Å². The van der Waals surface area contributed by atoms with Crippen LogP contribution in [0.15, 0.2) is 24.3 Å². The maximum absolute atomic E-state index is 5.35. The molecular weight excluding hydrogens is 236 g/mol. The molecule has 1 aromatic rings. The Bertz CT molecular complexity index is 375. The number of hydrogen-bond acceptors (Lipinski definition) is 3. The molecule has 1 heterocycles. The molecule has 0 aliphatic carbocycles. The summed E-state index contributed by atoms with van der Waals surface area (Å²) >= 11 is 5.35. The fourth-order valence-corrected chi connectivity index (χ4v) is 1.94. The summed E-state index contributed by atoms with van der Waals surface area (Å²) in [5.74, 6) is 0.841. The molecule has 92 valence electrons. The highest BCUT2D eigenvalue weighted by Crippen LogP contribution is 2.15. The Labute approximate surface area is 107 Å². The number of nitrogens with one attached hydrogen (secondary N) is 1. The fourth-order valence-electron chi connectivity index (χ4n) is 1.64. The van der Waals surface area contributed by atoms with E-state index in [4.69, 9.17) is 21.7 Å². The molecule has 1 aromatic carbocycles. The molecule has 0 aromatic heterocycles. The number of hydrogen-bond donors (Lipinski definition) is 1. The molecule has 1 aliphatic rings. The molecule has 1 saturated heterocycles. The number of benzene rings is 1. The molecule has 4 nitrogen and oxygen atoms in total. The summed E-state index contributed by atoms with van der Waals surface area (Å²) in [7, 11) is 1.65. The van der Waals surface area contributed by atoms with Crippen molar-refractivity contribution in [1.82, 2.24) is 4.90 Å². The van der Waals surface area contributed by atoms with Crippen LogP contribution in [0, 0.1) is 0 Å². The van der Waals surface area contributed by atoms with E-state index in [0.717, 1.165) is 42.9 Å². The second-order valence-electron chi connectivity index (χ2n) is 3.76. The highest BCUT2D eigenvalue weighted by atomic mass is 32.1. The van der Waals surface area contributed by atoms with Gasteiger partial charge in [-0.2, -0.15) is 0 Å². The number of morpholine rings is 1. The van der Waals surface area contributed by atoms with Crippen LogP contribution in [-0.4, -0.2) is 43.4 Å². The predicted octanol–water partition coefficient (Wildman–Crippen LogP) is 1.72. The van der Waals surface area contributed by atoms with E-state index in [1.165, 1.54) is 0 Å². The monoisotopic (exact) mass is 252 g/mol. The Hall–Kier alpha value is -1.33. The third-order valence-corrected chi connectivity index (χ3v) is 3.00. The van der Waals surface area contributed by atoms with E-state index >= 15 is 0 Å². The van der Waals surface area contributed by atoms with Crippen molar-refractivity contribution in [3.63, 3.8) is 0 Å². The first kappa shape index (κ1) is 12.1. The van der Waals surface area contributed by atoms with Crippen molar-refractivity contribution < 1.29 is 9.47 Å². The van der Waals surface area contributed by atoms with E-state index in [1.807, 2.05) is 24.3 Å². The van der Waals surface area contributed by atoms with Crippen LogP contribution in [-0.2, 0) is 4.74 Å². The first-order chi connectivity index (χ1) is 8.29. The van der Waals surface area contributed by atoms with Gasteiger partial charge in [-0.05, 0) is 36.5 Å². The number of nitrogens with zero attached hydrogens (tertiary/aromatic N) is 1. The molecular formula is C12H16N2O2S. The summed E-state index contributed by atoms with van der Waals surface area (Å²) in [5.41, 5.74) is 0.974. The largest absolute Gasteiger partial charge is 0.497 e. The van der Waals surface area contributed by atoms with Gasteiger partial charge in [0.2, 0.25) is 0 Å². The van der Waals surface area contributed by atoms with Crippen LogP contribution < -0.4 is 10.1 Å². The molecule has 5 heteroatoms. The van der Waals surface area contributed by atoms with Gasteiger partial charge in [-0.3, -0.25) is 0 Å². The van der Waals surface area contributed by atoms with Crippen molar-refractivity contribution in [3.05, 3.63) is 24.3 Å². The molecule has 1 N–H and O–H groups in total. The molecule has 0 unspecified atom stereocenters. The molecule has 0 saturated carbocycles. The average Bonchev–Trinajstić information content (AvgIpc) is 2.40. The van der Waals surface area contributed by atoms with Crippen LogP contribution in [0.1, 0.15) is 0 Å². The van der Waals surface area contributed by atoms with Gasteiger partial charge in [0.05, 0.1) is 20.3 Å². The minimum Gasteiger partial charge on any atom is -0.497 e. The topological polar surface area (TPSA) is 33.7 Å². The van der Waals surface area contributed by atoms with Gasteiger partial charge >= 0.3 is 0 Å². The van der Waals surface area contributed by atoms with E-state index in [9.17, 15) is 0 Å². The van der Waals surface area contributed by atoms with E-state index in [-0.39, 0.29) is 0 Å². The summed E-state index contributed by atoms with van der Waals surface area (Å²) < 4.78 is 10.4. The van der Waals surface area contributed by atoms with Crippen LogP contribution in [0.5, 0.6) is 5.75 Å². The highest BCUT2D eigenvalue weighted by molar-refractivity contribution is 7.80. The Morgan fingerprint density at radius 1 is 1.29 bits per heavy atom. The Morgan fingerprint density at radius 2 is 1.94 bits per heavy atom. The molecule has 0 spiro atoms. The number of anilines is 1. The van der Waals surface area contributed by atoms with Gasteiger partial charge in [0.15, 0.2) is 5.11 Å². The zero-order valence-electron chi connectivity index (χ0n) is 9.81. The standard InChI is InChI=1S/C12H16N2O2S/c1-15-11-4-2-10(3-5-11)13-12(17)14-6-8-16-9-7-14/h2-5H,6-9H2,1H3,(H,13,17). The summed E-state index contributed by atoms with van der Waals surface area (Å²) in [6.07, 6.45) is 0. The van der Waals surface area contributed by atoms with Gasteiger partial charge < -0.3 is 19.7 Å². The number of thiocarbonyl (C=S) groups is 1. The van der Waals surface area contributed by atoms with Crippen molar-refractivity contribution in [2.75, 3.05) is 38.7 Å². The quantitative estimate of drug-likeness (QED) is 0.811. The second-order valence-corrected chi connectivity index (χ2v) is 4.14. The van der Waals surface area contributed by atoms with Gasteiger partial charge in [0, 0.05) is 18.8 Å². The molecule has 0 bridgehead atoms. The van der Waals surface area contributed by atoms with Gasteiger partial charge in [-0.1, -0.05) is 0 Å². The van der Waals surface area contributed by atoms with E-state index in [1.54, 1.807) is 7.11 Å². The van der Waals surface area contributed by atoms with E-state index < -0.39 is 0 Å². The van der Waals surface area contributed by atoms with Crippen LogP contribution >= 0.6 is 12.2 Å². The molecule has 17 heavy (non-hydrogen) atoms. The Morgan fingerprint density at radius 3 is 2.53 bits per heavy atom. The number of ether oxygens (including phenoxy) is 2. The van der Waals surface area contributed by atoms with Crippen LogP contribution in [0.2, 0.25) is 0 Å². The lowest BCUT2D eigenvalue weighted by molar-refractivity contribution is 0.0690. The van der Waals surface area contributed by atoms with Crippen molar-refractivity contribution in [2.24, 2.45) is 0 Å². The van der Waals surface area contributed by atoms with Crippen LogP contribution in [0.3, 0.4) is 0 Å². The molecule has 0 radical (unpaired) electrons. The smallest absolute Gasteiger partial charge is 0.173 e. The van der Waals surface area contributed by atoms with Crippen LogP contribution in [0.4, 0.5) is 5.69 Å². The maximum atomic E-state index is 5.35. The summed E-state index contributed by atoms with van der Waals surface area (Å²) in [6.45, 7) is 3.18. The molecule has 1 fully saturated rings. The third-order valence-electron chi connectivity index (χ3n) is 2.64. The Kier molecular flexibility index (Phi) is 4.17. The van der Waals surface area contributed by atoms with E-state index in [0.29, 0.717) is 0 Å². The summed E-state index contributed by atoms with van der Waals surface area (Å²) in [6, 6.07) is 7.71. The molecule has 0 amide bonds. The van der Waals surface area contributed by atoms with Gasteiger partial charge in [0.25, 0.3) is 0 Å². The zero-order chi connectivity index (χ0) is 12.1. The van der Waals surface area contributed by atoms with Crippen LogP contribution in [0.25, 0.3) is 0 Å². The lowest BCUT2D eigenvalue weighted by atomic mass is 10.3. The highest BCUT2D eigenvalue weighted by Gasteiger charge is 2.13. The third kappa shape index (κ3) is 3.31. The van der Waals surface area contributed by atoms with Crippen molar-refractivity contribution >= 4 is 23.0 Å². The molecule has 1 aliphatic heterocycles. The minimum atomic E-state index is 0.741. The second kappa shape index (κ2) is 5.84.